The molecule has 0 atom stereocenters. The predicted molar refractivity (Wildman–Crippen MR) is 102 cm³/mol. The fourth-order valence-corrected chi connectivity index (χ4v) is 3.54. The van der Waals surface area contributed by atoms with E-state index in [4.69, 9.17) is 4.74 Å². The van der Waals surface area contributed by atoms with E-state index >= 15 is 0 Å². The Morgan fingerprint density at radius 3 is 2.36 bits per heavy atom. The van der Waals surface area contributed by atoms with Crippen molar-refractivity contribution < 1.29 is 9.53 Å². The molecular weight excluding hydrogens is 314 g/mol. The molecule has 1 amide bonds. The first-order valence-corrected chi connectivity index (χ1v) is 9.67. The maximum absolute atomic E-state index is 12.8. The molecule has 0 spiro atoms. The first kappa shape index (κ1) is 19.9. The number of nitrogens with zero attached hydrogens (tertiary/aromatic N) is 2. The largest absolute Gasteiger partial charge is 0.379 e. The van der Waals surface area contributed by atoms with Crippen LogP contribution in [0.1, 0.15) is 58.1 Å². The van der Waals surface area contributed by atoms with E-state index in [-0.39, 0.29) is 11.3 Å². The first-order valence-electron chi connectivity index (χ1n) is 9.67. The molecule has 1 aromatic rings. The fourth-order valence-electron chi connectivity index (χ4n) is 3.54. The second-order valence-electron chi connectivity index (χ2n) is 6.88. The standard InChI is InChI=1S/C20H33N3O2/c1-5-16-14-21-18(22-19(24)20(6-2,7-3)8-4)13-17(16)15-23-9-11-25-12-10-23/h13-14H,5-12,15H2,1-4H3,(H,21,22,24). The summed E-state index contributed by atoms with van der Waals surface area (Å²) >= 11 is 0. The minimum absolute atomic E-state index is 0.0917. The predicted octanol–water partition coefficient (Wildman–Crippen LogP) is 3.63. The third kappa shape index (κ3) is 4.79. The molecule has 0 unspecified atom stereocenters. The molecule has 1 aromatic heterocycles. The highest BCUT2D eigenvalue weighted by atomic mass is 16.5. The Morgan fingerprint density at radius 2 is 1.80 bits per heavy atom. The number of amides is 1. The van der Waals surface area contributed by atoms with E-state index in [9.17, 15) is 4.79 Å². The van der Waals surface area contributed by atoms with Gasteiger partial charge in [-0.2, -0.15) is 0 Å². The first-order chi connectivity index (χ1) is 12.1. The molecule has 2 rings (SSSR count). The van der Waals surface area contributed by atoms with Gasteiger partial charge in [0.15, 0.2) is 0 Å². The zero-order chi connectivity index (χ0) is 18.3. The molecule has 25 heavy (non-hydrogen) atoms. The molecule has 0 saturated carbocycles. The second kappa shape index (κ2) is 9.30. The van der Waals surface area contributed by atoms with Crippen molar-refractivity contribution in [2.45, 2.75) is 59.9 Å². The number of ether oxygens (including phenoxy) is 1. The zero-order valence-electron chi connectivity index (χ0n) is 16.2. The van der Waals surface area contributed by atoms with Crippen LogP contribution < -0.4 is 5.32 Å². The lowest BCUT2D eigenvalue weighted by Crippen LogP contribution is -2.36. The molecule has 140 valence electrons. The molecule has 0 bridgehead atoms. The molecule has 1 aliphatic rings. The van der Waals surface area contributed by atoms with Gasteiger partial charge in [-0.15, -0.1) is 0 Å². The highest BCUT2D eigenvalue weighted by Gasteiger charge is 2.33. The van der Waals surface area contributed by atoms with E-state index in [1.807, 2.05) is 6.20 Å². The van der Waals surface area contributed by atoms with Crippen molar-refractivity contribution in [2.24, 2.45) is 5.41 Å². The molecule has 1 fully saturated rings. The summed E-state index contributed by atoms with van der Waals surface area (Å²) in [6.07, 6.45) is 5.40. The monoisotopic (exact) mass is 347 g/mol. The Hall–Kier alpha value is -1.46. The number of nitrogens with one attached hydrogen (secondary N) is 1. The average molecular weight is 348 g/mol. The number of aromatic nitrogens is 1. The maximum atomic E-state index is 12.8. The number of morpholine rings is 1. The van der Waals surface area contributed by atoms with Gasteiger partial charge >= 0.3 is 0 Å². The van der Waals surface area contributed by atoms with Crippen LogP contribution >= 0.6 is 0 Å². The van der Waals surface area contributed by atoms with E-state index < -0.39 is 0 Å². The van der Waals surface area contributed by atoms with Gasteiger partial charge in [0.25, 0.3) is 0 Å². The van der Waals surface area contributed by atoms with Crippen molar-refractivity contribution in [3.63, 3.8) is 0 Å². The fraction of sp³-hybridized carbons (Fsp3) is 0.700. The van der Waals surface area contributed by atoms with Gasteiger partial charge in [-0.1, -0.05) is 27.7 Å². The normalized spacial score (nSPS) is 16.0. The summed E-state index contributed by atoms with van der Waals surface area (Å²) in [6, 6.07) is 2.05. The van der Waals surface area contributed by atoms with Gasteiger partial charge in [0.1, 0.15) is 5.82 Å². The quantitative estimate of drug-likeness (QED) is 0.780. The van der Waals surface area contributed by atoms with E-state index in [0.717, 1.165) is 58.5 Å². The van der Waals surface area contributed by atoms with Gasteiger partial charge in [-0.05, 0) is 42.9 Å². The average Bonchev–Trinajstić information content (AvgIpc) is 2.65. The summed E-state index contributed by atoms with van der Waals surface area (Å²) in [5.41, 5.74) is 2.21. The molecule has 0 radical (unpaired) electrons. The van der Waals surface area contributed by atoms with Crippen molar-refractivity contribution in [3.8, 4) is 0 Å². The molecule has 5 nitrogen and oxygen atoms in total. The highest BCUT2D eigenvalue weighted by molar-refractivity contribution is 5.94. The van der Waals surface area contributed by atoms with Gasteiger partial charge in [0.05, 0.1) is 13.2 Å². The number of hydrogen-bond acceptors (Lipinski definition) is 4. The summed E-state index contributed by atoms with van der Waals surface area (Å²) in [6.45, 7) is 12.8. The van der Waals surface area contributed by atoms with Crippen LogP contribution in [-0.4, -0.2) is 42.1 Å². The van der Waals surface area contributed by atoms with Crippen LogP contribution in [-0.2, 0) is 22.5 Å². The second-order valence-corrected chi connectivity index (χ2v) is 6.88. The smallest absolute Gasteiger partial charge is 0.231 e. The van der Waals surface area contributed by atoms with Gasteiger partial charge < -0.3 is 10.1 Å². The van der Waals surface area contributed by atoms with Gasteiger partial charge in [-0.25, -0.2) is 4.98 Å². The Labute approximate surface area is 152 Å². The van der Waals surface area contributed by atoms with Crippen molar-refractivity contribution in [1.29, 1.82) is 0 Å². The Kier molecular flexibility index (Phi) is 7.38. The van der Waals surface area contributed by atoms with Crippen LogP contribution in [0.2, 0.25) is 0 Å². The maximum Gasteiger partial charge on any atom is 0.231 e. The topological polar surface area (TPSA) is 54.5 Å². The van der Waals surface area contributed by atoms with Crippen LogP contribution in [0, 0.1) is 5.41 Å². The van der Waals surface area contributed by atoms with E-state index in [0.29, 0.717) is 5.82 Å². The van der Waals surface area contributed by atoms with Crippen molar-refractivity contribution in [2.75, 3.05) is 31.6 Å². The summed E-state index contributed by atoms with van der Waals surface area (Å²) < 4.78 is 5.43. The Bertz CT molecular complexity index is 556. The molecule has 0 aromatic carbocycles. The van der Waals surface area contributed by atoms with Crippen LogP contribution in [0.15, 0.2) is 12.3 Å². The Morgan fingerprint density at radius 1 is 1.16 bits per heavy atom. The number of aryl methyl sites for hydroxylation is 1. The van der Waals surface area contributed by atoms with E-state index in [2.05, 4.69) is 49.0 Å². The summed E-state index contributed by atoms with van der Waals surface area (Å²) in [5, 5.41) is 3.07. The van der Waals surface area contributed by atoms with Crippen molar-refractivity contribution >= 4 is 11.7 Å². The van der Waals surface area contributed by atoms with Gasteiger partial charge in [0, 0.05) is 31.2 Å². The number of carbonyl (C=O) groups excluding carboxylic acids is 1. The van der Waals surface area contributed by atoms with Crippen LogP contribution in [0.5, 0.6) is 0 Å². The summed E-state index contributed by atoms with van der Waals surface area (Å²) in [5.74, 6) is 0.763. The van der Waals surface area contributed by atoms with Gasteiger partial charge in [0.2, 0.25) is 5.91 Å². The molecular formula is C20H33N3O2. The van der Waals surface area contributed by atoms with Gasteiger partial charge in [-0.3, -0.25) is 9.69 Å². The summed E-state index contributed by atoms with van der Waals surface area (Å²) in [4.78, 5) is 19.7. The SMILES string of the molecule is CCc1cnc(NC(=O)C(CC)(CC)CC)cc1CN1CCOCC1. The number of rotatable bonds is 8. The van der Waals surface area contributed by atoms with E-state index in [1.165, 1.54) is 11.1 Å². The van der Waals surface area contributed by atoms with Crippen LogP contribution in [0.25, 0.3) is 0 Å². The van der Waals surface area contributed by atoms with Crippen molar-refractivity contribution in [1.82, 2.24) is 9.88 Å². The molecule has 1 saturated heterocycles. The third-order valence-electron chi connectivity index (χ3n) is 5.72. The summed E-state index contributed by atoms with van der Waals surface area (Å²) in [7, 11) is 0. The minimum Gasteiger partial charge on any atom is -0.379 e. The van der Waals surface area contributed by atoms with Crippen LogP contribution in [0.3, 0.4) is 0 Å². The molecule has 5 heteroatoms. The molecule has 2 heterocycles. The molecule has 1 N–H and O–H groups in total. The third-order valence-corrected chi connectivity index (χ3v) is 5.72. The number of carbonyl (C=O) groups is 1. The molecule has 1 aliphatic heterocycles. The zero-order valence-corrected chi connectivity index (χ0v) is 16.2. The lowest BCUT2D eigenvalue weighted by atomic mass is 9.79. The lowest BCUT2D eigenvalue weighted by Gasteiger charge is -2.29. The number of pyridine rings is 1. The van der Waals surface area contributed by atoms with E-state index in [1.54, 1.807) is 0 Å². The number of anilines is 1. The lowest BCUT2D eigenvalue weighted by molar-refractivity contribution is -0.126. The van der Waals surface area contributed by atoms with Crippen LogP contribution in [0.4, 0.5) is 5.82 Å². The number of hydrogen-bond donors (Lipinski definition) is 1. The van der Waals surface area contributed by atoms with Crippen molar-refractivity contribution in [3.05, 3.63) is 23.4 Å². The molecule has 0 aliphatic carbocycles. The highest BCUT2D eigenvalue weighted by Crippen LogP contribution is 2.32. The Balaban J connectivity index is 2.15. The minimum atomic E-state index is -0.296.